The Morgan fingerprint density at radius 3 is 2.54 bits per heavy atom. The zero-order valence-corrected chi connectivity index (χ0v) is 7.92. The summed E-state index contributed by atoms with van der Waals surface area (Å²) in [6, 6.07) is 9.97. The number of benzene rings is 1. The predicted molar refractivity (Wildman–Crippen MR) is 53.9 cm³/mol. The van der Waals surface area contributed by atoms with Gasteiger partial charge in [0, 0.05) is 0 Å². The second kappa shape index (κ2) is 3.65. The third-order valence-electron chi connectivity index (χ3n) is 2.30. The summed E-state index contributed by atoms with van der Waals surface area (Å²) in [7, 11) is 0. The van der Waals surface area contributed by atoms with Crippen molar-refractivity contribution in [3.05, 3.63) is 41.5 Å². The Morgan fingerprint density at radius 1 is 1.23 bits per heavy atom. The molecular formula is C12H14O. The van der Waals surface area contributed by atoms with Gasteiger partial charge in [-0.25, -0.2) is 0 Å². The third kappa shape index (κ3) is 2.35. The van der Waals surface area contributed by atoms with Crippen LogP contribution < -0.4 is 4.74 Å². The number of ether oxygens (including phenoxy) is 1. The minimum atomic E-state index is 0.749. The molecule has 1 nitrogen and oxygen atoms in total. The lowest BCUT2D eigenvalue weighted by Crippen LogP contribution is -1.98. The van der Waals surface area contributed by atoms with Crippen LogP contribution in [0.2, 0.25) is 0 Å². The van der Waals surface area contributed by atoms with Crippen molar-refractivity contribution in [2.45, 2.75) is 19.8 Å². The molecule has 1 fully saturated rings. The maximum Gasteiger partial charge on any atom is 0.119 e. The highest BCUT2D eigenvalue weighted by molar-refractivity contribution is 5.26. The van der Waals surface area contributed by atoms with Gasteiger partial charge in [-0.2, -0.15) is 0 Å². The first-order valence-electron chi connectivity index (χ1n) is 4.71. The lowest BCUT2D eigenvalue weighted by Gasteiger charge is -2.05. The van der Waals surface area contributed by atoms with Crippen LogP contribution in [0.25, 0.3) is 0 Å². The van der Waals surface area contributed by atoms with Gasteiger partial charge in [-0.1, -0.05) is 23.8 Å². The molecule has 0 amide bonds. The molecule has 1 aliphatic carbocycles. The van der Waals surface area contributed by atoms with Gasteiger partial charge in [0.05, 0.1) is 0 Å². The van der Waals surface area contributed by atoms with Crippen molar-refractivity contribution in [1.82, 2.24) is 0 Å². The van der Waals surface area contributed by atoms with Crippen molar-refractivity contribution >= 4 is 0 Å². The Balaban J connectivity index is 1.90. The van der Waals surface area contributed by atoms with E-state index in [0.29, 0.717) is 0 Å². The highest BCUT2D eigenvalue weighted by Crippen LogP contribution is 2.31. The fourth-order valence-electron chi connectivity index (χ4n) is 1.30. The SMILES string of the molecule is CC(COc1ccccc1)=C1CC1. The summed E-state index contributed by atoms with van der Waals surface area (Å²) in [6.07, 6.45) is 2.56. The largest absolute Gasteiger partial charge is 0.489 e. The van der Waals surface area contributed by atoms with Crippen LogP contribution in [0.5, 0.6) is 5.75 Å². The number of allylic oxidation sites excluding steroid dienone is 1. The van der Waals surface area contributed by atoms with Gasteiger partial charge < -0.3 is 4.74 Å². The van der Waals surface area contributed by atoms with E-state index in [4.69, 9.17) is 4.74 Å². The lowest BCUT2D eigenvalue weighted by molar-refractivity contribution is 0.351. The van der Waals surface area contributed by atoms with Gasteiger partial charge in [-0.05, 0) is 37.5 Å². The molecule has 0 aliphatic heterocycles. The monoisotopic (exact) mass is 174 g/mol. The van der Waals surface area contributed by atoms with Crippen LogP contribution in [0.15, 0.2) is 41.5 Å². The molecule has 0 aromatic heterocycles. The Labute approximate surface area is 79.0 Å². The Kier molecular flexibility index (Phi) is 2.35. The van der Waals surface area contributed by atoms with Crippen molar-refractivity contribution in [3.63, 3.8) is 0 Å². The summed E-state index contributed by atoms with van der Waals surface area (Å²) < 4.78 is 5.61. The number of rotatable bonds is 3. The smallest absolute Gasteiger partial charge is 0.119 e. The molecule has 68 valence electrons. The van der Waals surface area contributed by atoms with E-state index in [1.54, 1.807) is 5.57 Å². The summed E-state index contributed by atoms with van der Waals surface area (Å²) >= 11 is 0. The molecule has 0 N–H and O–H groups in total. The zero-order valence-electron chi connectivity index (χ0n) is 7.92. The molecule has 1 aromatic rings. The fourth-order valence-corrected chi connectivity index (χ4v) is 1.30. The van der Waals surface area contributed by atoms with Crippen molar-refractivity contribution < 1.29 is 4.74 Å². The maximum atomic E-state index is 5.61. The van der Waals surface area contributed by atoms with E-state index in [0.717, 1.165) is 12.4 Å². The Morgan fingerprint density at radius 2 is 1.92 bits per heavy atom. The zero-order chi connectivity index (χ0) is 9.10. The Bertz CT molecular complexity index is 305. The van der Waals surface area contributed by atoms with Crippen LogP contribution in [0.1, 0.15) is 19.8 Å². The quantitative estimate of drug-likeness (QED) is 0.639. The number of para-hydroxylation sites is 1. The van der Waals surface area contributed by atoms with Crippen molar-refractivity contribution in [2.75, 3.05) is 6.61 Å². The predicted octanol–water partition coefficient (Wildman–Crippen LogP) is 3.18. The van der Waals surface area contributed by atoms with E-state index < -0.39 is 0 Å². The molecule has 13 heavy (non-hydrogen) atoms. The minimum Gasteiger partial charge on any atom is -0.489 e. The van der Waals surface area contributed by atoms with Gasteiger partial charge >= 0.3 is 0 Å². The molecule has 0 bridgehead atoms. The first-order chi connectivity index (χ1) is 6.36. The van der Waals surface area contributed by atoms with Gasteiger partial charge in [-0.3, -0.25) is 0 Å². The third-order valence-corrected chi connectivity index (χ3v) is 2.30. The molecule has 1 saturated carbocycles. The topological polar surface area (TPSA) is 9.23 Å². The molecule has 0 atom stereocenters. The van der Waals surface area contributed by atoms with Gasteiger partial charge in [0.1, 0.15) is 12.4 Å². The van der Waals surface area contributed by atoms with E-state index in [2.05, 4.69) is 6.92 Å². The number of hydrogen-bond donors (Lipinski definition) is 0. The molecule has 1 heteroatoms. The van der Waals surface area contributed by atoms with E-state index in [1.165, 1.54) is 18.4 Å². The van der Waals surface area contributed by atoms with Gasteiger partial charge in [-0.15, -0.1) is 0 Å². The van der Waals surface area contributed by atoms with Crippen LogP contribution >= 0.6 is 0 Å². The minimum absolute atomic E-state index is 0.749. The second-order valence-electron chi connectivity index (χ2n) is 3.49. The van der Waals surface area contributed by atoms with Crippen molar-refractivity contribution in [3.8, 4) is 5.75 Å². The highest BCUT2D eigenvalue weighted by atomic mass is 16.5. The van der Waals surface area contributed by atoms with Gasteiger partial charge in [0.2, 0.25) is 0 Å². The average Bonchev–Trinajstić information content (AvgIpc) is 2.99. The summed E-state index contributed by atoms with van der Waals surface area (Å²) in [5.41, 5.74) is 2.99. The maximum absolute atomic E-state index is 5.61. The van der Waals surface area contributed by atoms with Crippen LogP contribution in [0, 0.1) is 0 Å². The molecule has 1 aromatic carbocycles. The summed E-state index contributed by atoms with van der Waals surface area (Å²) in [6.45, 7) is 2.91. The van der Waals surface area contributed by atoms with Crippen LogP contribution in [-0.4, -0.2) is 6.61 Å². The molecule has 0 heterocycles. The van der Waals surface area contributed by atoms with E-state index in [1.807, 2.05) is 30.3 Å². The van der Waals surface area contributed by atoms with E-state index in [-0.39, 0.29) is 0 Å². The van der Waals surface area contributed by atoms with Crippen LogP contribution in [0.3, 0.4) is 0 Å². The van der Waals surface area contributed by atoms with E-state index in [9.17, 15) is 0 Å². The number of hydrogen-bond acceptors (Lipinski definition) is 1. The first-order valence-corrected chi connectivity index (χ1v) is 4.71. The van der Waals surface area contributed by atoms with E-state index >= 15 is 0 Å². The standard InChI is InChI=1S/C12H14O/c1-10(11-7-8-11)9-13-12-5-3-2-4-6-12/h2-6H,7-9H2,1H3. The van der Waals surface area contributed by atoms with Crippen molar-refractivity contribution in [2.24, 2.45) is 0 Å². The molecule has 0 spiro atoms. The fraction of sp³-hybridized carbons (Fsp3) is 0.333. The highest BCUT2D eigenvalue weighted by Gasteiger charge is 2.14. The van der Waals surface area contributed by atoms with Crippen LogP contribution in [-0.2, 0) is 0 Å². The van der Waals surface area contributed by atoms with Crippen molar-refractivity contribution in [1.29, 1.82) is 0 Å². The molecule has 1 aliphatic rings. The first kappa shape index (κ1) is 8.36. The Hall–Kier alpha value is -1.24. The van der Waals surface area contributed by atoms with Gasteiger partial charge in [0.15, 0.2) is 0 Å². The normalized spacial score (nSPS) is 14.1. The average molecular weight is 174 g/mol. The molecule has 0 radical (unpaired) electrons. The molecule has 0 unspecified atom stereocenters. The second-order valence-corrected chi connectivity index (χ2v) is 3.49. The molecular weight excluding hydrogens is 160 g/mol. The summed E-state index contributed by atoms with van der Waals surface area (Å²) in [4.78, 5) is 0. The van der Waals surface area contributed by atoms with Gasteiger partial charge in [0.25, 0.3) is 0 Å². The summed E-state index contributed by atoms with van der Waals surface area (Å²) in [5, 5.41) is 0. The lowest BCUT2D eigenvalue weighted by atomic mass is 10.3. The summed E-state index contributed by atoms with van der Waals surface area (Å²) in [5.74, 6) is 0.961. The molecule has 2 rings (SSSR count). The molecule has 0 saturated heterocycles. The van der Waals surface area contributed by atoms with Crippen LogP contribution in [0.4, 0.5) is 0 Å².